The third-order valence-electron chi connectivity index (χ3n) is 1.31. The molecule has 0 aliphatic heterocycles. The molecule has 0 saturated heterocycles. The Hall–Kier alpha value is -2.39. The summed E-state index contributed by atoms with van der Waals surface area (Å²) in [6.07, 6.45) is 3.43. The van der Waals surface area contributed by atoms with Gasteiger partial charge in [-0.25, -0.2) is 4.98 Å². The molecule has 1 rings (SSSR count). The molecule has 0 spiro atoms. The molecule has 0 aliphatic carbocycles. The van der Waals surface area contributed by atoms with Crippen LogP contribution in [0.15, 0.2) is 28.2 Å². The van der Waals surface area contributed by atoms with E-state index in [1.54, 1.807) is 26.5 Å². The maximum atomic E-state index is 6.25. The van der Waals surface area contributed by atoms with E-state index in [-0.39, 0.29) is 20.1 Å². The molecule has 0 saturated carbocycles. The van der Waals surface area contributed by atoms with Gasteiger partial charge < -0.3 is 35.5 Å². The van der Waals surface area contributed by atoms with Gasteiger partial charge in [-0.2, -0.15) is 0 Å². The number of pyridine rings is 1. The van der Waals surface area contributed by atoms with Crippen molar-refractivity contribution in [2.75, 3.05) is 14.1 Å². The summed E-state index contributed by atoms with van der Waals surface area (Å²) in [5.74, 6) is 0. The Bertz CT molecular complexity index is 378. The molecule has 98 valence electrons. The molecule has 6 nitrogen and oxygen atoms in total. The molecule has 0 aliphatic rings. The van der Waals surface area contributed by atoms with Gasteiger partial charge in [0.1, 0.15) is 0 Å². The fourth-order valence-corrected chi connectivity index (χ4v) is 0.877. The van der Waals surface area contributed by atoms with Crippen LogP contribution in [0.3, 0.4) is 0 Å². The van der Waals surface area contributed by atoms with Crippen molar-refractivity contribution in [1.82, 2.24) is 4.98 Å². The summed E-state index contributed by atoms with van der Waals surface area (Å²) in [5.41, 5.74) is 1.71. The minimum atomic E-state index is 0. The molecule has 1 heterocycles. The molecule has 0 aromatic carbocycles. The van der Waals surface area contributed by atoms with E-state index >= 15 is 0 Å². The average molecular weight is 431 g/mol. The van der Waals surface area contributed by atoms with E-state index in [0.717, 1.165) is 11.4 Å². The minimum Gasteiger partial charge on any atom is -0.512 e. The van der Waals surface area contributed by atoms with Gasteiger partial charge in [-0.1, -0.05) is 6.07 Å². The standard InChI is InChI=1S/C9H11N3.3CN.Ir/c1-10-6-8-4-3-5-9(12-8)7-11-2;3*1-2;/h3-7H,1-2H3;;;;/q;3*-1;+3. The van der Waals surface area contributed by atoms with Gasteiger partial charge in [-0.05, 0) is 12.1 Å². The van der Waals surface area contributed by atoms with Crippen molar-refractivity contribution in [1.29, 1.82) is 15.8 Å². The van der Waals surface area contributed by atoms with E-state index in [4.69, 9.17) is 35.5 Å². The molecule has 1 aromatic heterocycles. The van der Waals surface area contributed by atoms with E-state index in [1.807, 2.05) is 18.2 Å². The summed E-state index contributed by atoms with van der Waals surface area (Å²) in [6.45, 7) is 14.2. The first-order chi connectivity index (χ1) is 8.86. The van der Waals surface area contributed by atoms with Crippen molar-refractivity contribution < 1.29 is 20.1 Å². The maximum Gasteiger partial charge on any atom is 3.00 e. The first kappa shape index (κ1) is 25.5. The first-order valence-corrected chi connectivity index (χ1v) is 4.35. The summed E-state index contributed by atoms with van der Waals surface area (Å²) < 4.78 is 0. The van der Waals surface area contributed by atoms with Crippen LogP contribution in [0.2, 0.25) is 0 Å². The van der Waals surface area contributed by atoms with Crippen LogP contribution < -0.4 is 0 Å². The molecule has 1 aromatic rings. The second kappa shape index (κ2) is 24.7. The zero-order valence-electron chi connectivity index (χ0n) is 10.4. The van der Waals surface area contributed by atoms with Crippen molar-refractivity contribution in [3.05, 3.63) is 49.3 Å². The van der Waals surface area contributed by atoms with E-state index in [9.17, 15) is 0 Å². The summed E-state index contributed by atoms with van der Waals surface area (Å²) in [4.78, 5) is 12.0. The zero-order valence-corrected chi connectivity index (χ0v) is 12.8. The molecule has 0 fully saturated rings. The summed E-state index contributed by atoms with van der Waals surface area (Å²) in [6, 6.07) is 5.74. The van der Waals surface area contributed by atoms with Gasteiger partial charge in [0.25, 0.3) is 0 Å². The van der Waals surface area contributed by atoms with E-state index in [0.29, 0.717) is 0 Å². The van der Waals surface area contributed by atoms with E-state index in [1.165, 1.54) is 0 Å². The molecule has 7 heteroatoms. The van der Waals surface area contributed by atoms with Gasteiger partial charge in [-0.15, -0.1) is 0 Å². The smallest absolute Gasteiger partial charge is 0.512 e. The van der Waals surface area contributed by atoms with Gasteiger partial charge in [0.05, 0.1) is 11.4 Å². The second-order valence-corrected chi connectivity index (χ2v) is 2.26. The quantitative estimate of drug-likeness (QED) is 0.522. The number of nitrogens with zero attached hydrogens (tertiary/aromatic N) is 6. The monoisotopic (exact) mass is 432 g/mol. The van der Waals surface area contributed by atoms with Crippen LogP contribution in [-0.2, 0) is 20.1 Å². The average Bonchev–Trinajstić information content (AvgIpc) is 2.47. The van der Waals surface area contributed by atoms with Gasteiger partial charge in [-0.3, -0.25) is 9.98 Å². The second-order valence-electron chi connectivity index (χ2n) is 2.26. The Labute approximate surface area is 127 Å². The Morgan fingerprint density at radius 2 is 1.21 bits per heavy atom. The van der Waals surface area contributed by atoms with Crippen LogP contribution in [0.1, 0.15) is 11.4 Å². The number of hydrogen-bond donors (Lipinski definition) is 0. The number of rotatable bonds is 2. The minimum absolute atomic E-state index is 0. The maximum absolute atomic E-state index is 6.25. The Kier molecular flexibility index (Phi) is 33.1. The largest absolute Gasteiger partial charge is 3.00 e. The summed E-state index contributed by atoms with van der Waals surface area (Å²) >= 11 is 0. The fraction of sp³-hybridized carbons (Fsp3) is 0.167. The van der Waals surface area contributed by atoms with Crippen molar-refractivity contribution in [2.24, 2.45) is 9.98 Å². The zero-order chi connectivity index (χ0) is 14.8. The van der Waals surface area contributed by atoms with Crippen LogP contribution in [0, 0.1) is 35.5 Å². The van der Waals surface area contributed by atoms with Gasteiger partial charge >= 0.3 is 20.1 Å². The SMILES string of the molecule is CN=Cc1cccc(C=NC)n1.[C-]#N.[C-]#N.[C-]#N.[Ir+3]. The molecule has 0 amide bonds. The van der Waals surface area contributed by atoms with Crippen molar-refractivity contribution in [2.45, 2.75) is 0 Å². The van der Waals surface area contributed by atoms with Crippen LogP contribution in [0.5, 0.6) is 0 Å². The Morgan fingerprint density at radius 3 is 1.47 bits per heavy atom. The van der Waals surface area contributed by atoms with Crippen molar-refractivity contribution in [3.8, 4) is 0 Å². The van der Waals surface area contributed by atoms with E-state index in [2.05, 4.69) is 15.0 Å². The summed E-state index contributed by atoms with van der Waals surface area (Å²) in [5, 5.41) is 18.8. The molecule has 0 atom stereocenters. The predicted octanol–water partition coefficient (Wildman–Crippen LogP) is 1.47. The van der Waals surface area contributed by atoms with Crippen LogP contribution >= 0.6 is 0 Å². The topological polar surface area (TPSA) is 109 Å². The third-order valence-corrected chi connectivity index (χ3v) is 1.31. The molecule has 0 radical (unpaired) electrons. The first-order valence-electron chi connectivity index (χ1n) is 4.35. The van der Waals surface area contributed by atoms with Crippen LogP contribution in [-0.4, -0.2) is 31.5 Å². The molecule has 19 heavy (non-hydrogen) atoms. The molecular weight excluding hydrogens is 420 g/mol. The van der Waals surface area contributed by atoms with E-state index < -0.39 is 0 Å². The van der Waals surface area contributed by atoms with Gasteiger partial charge in [0, 0.05) is 26.5 Å². The summed E-state index contributed by atoms with van der Waals surface area (Å²) in [7, 11) is 3.45. The van der Waals surface area contributed by atoms with Gasteiger partial charge in [0.2, 0.25) is 0 Å². The third kappa shape index (κ3) is 15.6. The normalized spacial score (nSPS) is 7.58. The molecule has 0 N–H and O–H groups in total. The Balaban J connectivity index is -0.000000142. The molecule has 0 unspecified atom stereocenters. The molecule has 0 bridgehead atoms. The van der Waals surface area contributed by atoms with Gasteiger partial charge in [0.15, 0.2) is 0 Å². The Morgan fingerprint density at radius 1 is 0.895 bits per heavy atom. The van der Waals surface area contributed by atoms with Crippen LogP contribution in [0.25, 0.3) is 0 Å². The van der Waals surface area contributed by atoms with Crippen molar-refractivity contribution >= 4 is 12.4 Å². The number of aliphatic imine (C=N–C) groups is 2. The predicted molar refractivity (Wildman–Crippen MR) is 66.2 cm³/mol. The van der Waals surface area contributed by atoms with Crippen LogP contribution in [0.4, 0.5) is 0 Å². The number of hydrogen-bond acceptors (Lipinski definition) is 6. The molecular formula is C12H11IrN6. The number of aromatic nitrogens is 1. The van der Waals surface area contributed by atoms with Crippen molar-refractivity contribution in [3.63, 3.8) is 0 Å². The fourth-order valence-electron chi connectivity index (χ4n) is 0.877.